The Labute approximate surface area is 148 Å². The van der Waals surface area contributed by atoms with Gasteiger partial charge in [-0.05, 0) is 13.1 Å². The van der Waals surface area contributed by atoms with Crippen LogP contribution in [0.25, 0.3) is 9.88 Å². The van der Waals surface area contributed by atoms with E-state index in [9.17, 15) is 0 Å². The van der Waals surface area contributed by atoms with E-state index >= 15 is 0 Å². The molecular weight excluding hydrogens is 340 g/mol. The van der Waals surface area contributed by atoms with E-state index in [-0.39, 0.29) is 0 Å². The maximum absolute atomic E-state index is 4.43. The van der Waals surface area contributed by atoms with E-state index < -0.39 is 0 Å². The van der Waals surface area contributed by atoms with E-state index in [0.717, 1.165) is 47.0 Å². The zero-order chi connectivity index (χ0) is 16.4. The summed E-state index contributed by atoms with van der Waals surface area (Å²) in [6.45, 7) is 4.28. The third kappa shape index (κ3) is 3.40. The molecule has 0 atom stereocenters. The van der Waals surface area contributed by atoms with Crippen molar-refractivity contribution >= 4 is 39.3 Å². The minimum Gasteiger partial charge on any atom is -0.369 e. The molecule has 0 aliphatic carbocycles. The molecule has 0 spiro atoms. The van der Waals surface area contributed by atoms with E-state index in [4.69, 9.17) is 0 Å². The molecule has 8 heteroatoms. The molecule has 4 rings (SSSR count). The fraction of sp³-hybridized carbons (Fsp3) is 0.312. The van der Waals surface area contributed by atoms with Crippen molar-refractivity contribution in [3.8, 4) is 9.88 Å². The van der Waals surface area contributed by atoms with Crippen LogP contribution in [0.2, 0.25) is 0 Å². The first-order chi connectivity index (χ1) is 11.8. The molecule has 0 bridgehead atoms. The molecule has 124 valence electrons. The van der Waals surface area contributed by atoms with Crippen molar-refractivity contribution < 1.29 is 0 Å². The monoisotopic (exact) mass is 358 g/mol. The number of aromatic nitrogens is 3. The number of nitrogens with one attached hydrogen (secondary N) is 1. The molecule has 6 nitrogen and oxygen atoms in total. The first kappa shape index (κ1) is 15.5. The van der Waals surface area contributed by atoms with Crippen molar-refractivity contribution in [1.82, 2.24) is 19.9 Å². The van der Waals surface area contributed by atoms with Gasteiger partial charge in [-0.1, -0.05) is 11.3 Å². The Morgan fingerprint density at radius 2 is 1.96 bits per heavy atom. The number of thiazole rings is 2. The second kappa shape index (κ2) is 6.84. The number of likely N-dealkylation sites (N-methyl/N-ethyl adjacent to an activating group) is 1. The lowest BCUT2D eigenvalue weighted by Gasteiger charge is -2.34. The molecule has 4 heterocycles. The van der Waals surface area contributed by atoms with E-state index in [1.165, 1.54) is 5.69 Å². The minimum atomic E-state index is 0.825. The highest BCUT2D eigenvalue weighted by atomic mass is 32.1. The number of pyridine rings is 1. The van der Waals surface area contributed by atoms with Crippen molar-refractivity contribution in [1.29, 1.82) is 0 Å². The van der Waals surface area contributed by atoms with Gasteiger partial charge in [0.2, 0.25) is 0 Å². The van der Waals surface area contributed by atoms with Gasteiger partial charge in [0.25, 0.3) is 0 Å². The Morgan fingerprint density at radius 3 is 2.75 bits per heavy atom. The molecule has 1 N–H and O–H groups in total. The molecule has 0 amide bonds. The van der Waals surface area contributed by atoms with Crippen LogP contribution in [-0.4, -0.2) is 53.1 Å². The van der Waals surface area contributed by atoms with Crippen LogP contribution in [0.3, 0.4) is 0 Å². The summed E-state index contributed by atoms with van der Waals surface area (Å²) in [5.74, 6) is 0.825. The highest BCUT2D eigenvalue weighted by Crippen LogP contribution is 2.31. The summed E-state index contributed by atoms with van der Waals surface area (Å²) >= 11 is 3.21. The van der Waals surface area contributed by atoms with Crippen molar-refractivity contribution in [2.45, 2.75) is 0 Å². The zero-order valence-corrected chi connectivity index (χ0v) is 15.0. The third-order valence-electron chi connectivity index (χ3n) is 4.00. The number of anilines is 3. The molecule has 0 unspecified atom stereocenters. The van der Waals surface area contributed by atoms with Gasteiger partial charge in [-0.3, -0.25) is 0 Å². The average molecular weight is 358 g/mol. The number of piperazine rings is 1. The summed E-state index contributed by atoms with van der Waals surface area (Å²) in [5, 5.41) is 7.12. The van der Waals surface area contributed by atoms with Crippen LogP contribution < -0.4 is 10.2 Å². The molecule has 1 aliphatic heterocycles. The first-order valence-electron chi connectivity index (χ1n) is 7.80. The van der Waals surface area contributed by atoms with Gasteiger partial charge < -0.3 is 15.1 Å². The molecular formula is C16H18N6S2. The Bertz CT molecular complexity index is 793. The third-order valence-corrected chi connectivity index (χ3v) is 5.85. The lowest BCUT2D eigenvalue weighted by atomic mass is 10.2. The molecule has 3 aromatic heterocycles. The minimum absolute atomic E-state index is 0.825. The van der Waals surface area contributed by atoms with Crippen LogP contribution in [0.1, 0.15) is 0 Å². The first-order valence-corrected chi connectivity index (χ1v) is 9.50. The molecule has 0 radical (unpaired) electrons. The molecule has 3 aromatic rings. The van der Waals surface area contributed by atoms with Crippen molar-refractivity contribution in [3.63, 3.8) is 0 Å². The highest BCUT2D eigenvalue weighted by molar-refractivity contribution is 7.23. The fourth-order valence-corrected chi connectivity index (χ4v) is 4.16. The number of rotatable bonds is 4. The van der Waals surface area contributed by atoms with Crippen molar-refractivity contribution in [2.24, 2.45) is 0 Å². The topological polar surface area (TPSA) is 57.2 Å². The van der Waals surface area contributed by atoms with E-state index in [0.29, 0.717) is 0 Å². The number of hydrogen-bond donors (Lipinski definition) is 1. The summed E-state index contributed by atoms with van der Waals surface area (Å²) in [6, 6.07) is 4.16. The quantitative estimate of drug-likeness (QED) is 0.773. The van der Waals surface area contributed by atoms with Crippen molar-refractivity contribution in [3.05, 3.63) is 36.1 Å². The molecule has 1 fully saturated rings. The molecule has 0 saturated carbocycles. The van der Waals surface area contributed by atoms with Crippen LogP contribution in [0.4, 0.5) is 16.6 Å². The summed E-state index contributed by atoms with van der Waals surface area (Å²) in [4.78, 5) is 19.0. The average Bonchev–Trinajstić information content (AvgIpc) is 3.27. The summed E-state index contributed by atoms with van der Waals surface area (Å²) in [5.41, 5.74) is 1.21. The van der Waals surface area contributed by atoms with Crippen molar-refractivity contribution in [2.75, 3.05) is 43.4 Å². The van der Waals surface area contributed by atoms with Gasteiger partial charge in [0.05, 0.1) is 11.1 Å². The van der Waals surface area contributed by atoms with Gasteiger partial charge in [0, 0.05) is 55.7 Å². The van der Waals surface area contributed by atoms with E-state index in [2.05, 4.69) is 49.2 Å². The maximum Gasteiger partial charge on any atom is 0.188 e. The Balaban J connectivity index is 1.48. The predicted octanol–water partition coefficient (Wildman–Crippen LogP) is 3.16. The largest absolute Gasteiger partial charge is 0.369 e. The van der Waals surface area contributed by atoms with E-state index in [1.54, 1.807) is 22.7 Å². The summed E-state index contributed by atoms with van der Waals surface area (Å²) in [6.07, 6.45) is 5.52. The second-order valence-electron chi connectivity index (χ2n) is 5.68. The molecule has 24 heavy (non-hydrogen) atoms. The van der Waals surface area contributed by atoms with Gasteiger partial charge in [-0.15, -0.1) is 11.3 Å². The number of nitrogens with zero attached hydrogens (tertiary/aromatic N) is 5. The fourth-order valence-electron chi connectivity index (χ4n) is 2.63. The smallest absolute Gasteiger partial charge is 0.188 e. The summed E-state index contributed by atoms with van der Waals surface area (Å²) < 4.78 is 0. The maximum atomic E-state index is 4.43. The van der Waals surface area contributed by atoms with Gasteiger partial charge >= 0.3 is 0 Å². The van der Waals surface area contributed by atoms with Gasteiger partial charge in [0.1, 0.15) is 10.8 Å². The van der Waals surface area contributed by atoms with E-state index in [1.807, 2.05) is 24.0 Å². The molecule has 1 saturated heterocycles. The van der Waals surface area contributed by atoms with Crippen LogP contribution in [0.5, 0.6) is 0 Å². The highest BCUT2D eigenvalue weighted by Gasteiger charge is 2.15. The summed E-state index contributed by atoms with van der Waals surface area (Å²) in [7, 11) is 2.17. The lowest BCUT2D eigenvalue weighted by molar-refractivity contribution is 0.313. The second-order valence-corrected chi connectivity index (χ2v) is 7.61. The Morgan fingerprint density at radius 1 is 1.08 bits per heavy atom. The van der Waals surface area contributed by atoms with Crippen LogP contribution in [-0.2, 0) is 0 Å². The SMILES string of the molecule is CN1CCN(c2ccnc(Nc3ncc(-c4nccs4)s3)c2)CC1. The molecule has 1 aliphatic rings. The van der Waals surface area contributed by atoms with Crippen LogP contribution >= 0.6 is 22.7 Å². The normalized spacial score (nSPS) is 15.6. The Kier molecular flexibility index (Phi) is 4.42. The van der Waals surface area contributed by atoms with Gasteiger partial charge in [-0.25, -0.2) is 15.0 Å². The standard InChI is InChI=1S/C16H18N6S2/c1-21-5-7-22(8-6-21)12-2-3-17-14(10-12)20-16-19-11-13(24-16)15-18-4-9-23-15/h2-4,9-11H,5-8H2,1H3,(H,17,19,20). The predicted molar refractivity (Wildman–Crippen MR) is 100 cm³/mol. The zero-order valence-electron chi connectivity index (χ0n) is 13.3. The number of hydrogen-bond acceptors (Lipinski definition) is 8. The lowest BCUT2D eigenvalue weighted by Crippen LogP contribution is -2.44. The Hall–Kier alpha value is -2.03. The van der Waals surface area contributed by atoms with Crippen LogP contribution in [0, 0.1) is 0 Å². The van der Waals surface area contributed by atoms with Gasteiger partial charge in [0.15, 0.2) is 5.13 Å². The molecule has 0 aromatic carbocycles. The van der Waals surface area contributed by atoms with Gasteiger partial charge in [-0.2, -0.15) is 0 Å². The van der Waals surface area contributed by atoms with Crippen LogP contribution in [0.15, 0.2) is 36.1 Å².